The zero-order chi connectivity index (χ0) is 15.2. The van der Waals surface area contributed by atoms with E-state index in [1.165, 1.54) is 21.2 Å². The molecule has 3 aromatic carbocycles. The van der Waals surface area contributed by atoms with Crippen molar-refractivity contribution in [2.75, 3.05) is 5.75 Å². The summed E-state index contributed by atoms with van der Waals surface area (Å²) in [6.07, 6.45) is 0.560. The Hall–Kier alpha value is -2.24. The Balaban J connectivity index is 1.75. The molecule has 0 aliphatic carbocycles. The molecule has 0 amide bonds. The molecule has 0 aliphatic heterocycles. The molecular weight excluding hydrogens is 286 g/mol. The fourth-order valence-corrected chi connectivity index (χ4v) is 3.64. The van der Waals surface area contributed by atoms with Gasteiger partial charge in [0.05, 0.1) is 6.07 Å². The lowest BCUT2D eigenvalue weighted by Crippen LogP contribution is -2.01. The van der Waals surface area contributed by atoms with E-state index in [1.807, 2.05) is 30.0 Å². The maximum atomic E-state index is 9.08. The van der Waals surface area contributed by atoms with Gasteiger partial charge in [-0.25, -0.2) is 0 Å². The number of hydrogen-bond acceptors (Lipinski definition) is 2. The van der Waals surface area contributed by atoms with Crippen LogP contribution in [0.25, 0.3) is 10.8 Å². The second kappa shape index (κ2) is 7.15. The van der Waals surface area contributed by atoms with Crippen LogP contribution in [0.2, 0.25) is 0 Å². The van der Waals surface area contributed by atoms with E-state index in [1.54, 1.807) is 0 Å². The summed E-state index contributed by atoms with van der Waals surface area (Å²) in [5, 5.41) is 11.6. The molecule has 0 N–H and O–H groups in total. The van der Waals surface area contributed by atoms with E-state index in [-0.39, 0.29) is 5.92 Å². The lowest BCUT2D eigenvalue weighted by molar-refractivity contribution is 0.801. The van der Waals surface area contributed by atoms with E-state index in [4.69, 9.17) is 5.26 Å². The lowest BCUT2D eigenvalue weighted by atomic mass is 9.99. The summed E-state index contributed by atoms with van der Waals surface area (Å²) in [6, 6.07) is 27.6. The van der Waals surface area contributed by atoms with Gasteiger partial charge < -0.3 is 0 Å². The van der Waals surface area contributed by atoms with Crippen LogP contribution >= 0.6 is 11.8 Å². The van der Waals surface area contributed by atoms with Gasteiger partial charge in [0.1, 0.15) is 0 Å². The molecule has 0 heterocycles. The topological polar surface area (TPSA) is 23.8 Å². The van der Waals surface area contributed by atoms with E-state index in [9.17, 15) is 0 Å². The molecule has 0 radical (unpaired) electrons. The number of rotatable bonds is 5. The maximum absolute atomic E-state index is 9.08. The van der Waals surface area contributed by atoms with E-state index < -0.39 is 0 Å². The standard InChI is InChI=1S/C20H17NS/c21-13-12-19(16-6-2-1-3-7-16)15-22-20-11-10-17-8-4-5-9-18(17)14-20/h1-11,14,19H,12,15H2. The first-order valence-electron chi connectivity index (χ1n) is 7.40. The molecule has 22 heavy (non-hydrogen) atoms. The van der Waals surface area contributed by atoms with Crippen molar-refractivity contribution < 1.29 is 0 Å². The summed E-state index contributed by atoms with van der Waals surface area (Å²) in [5.41, 5.74) is 1.25. The smallest absolute Gasteiger partial charge is 0.0628 e. The fraction of sp³-hybridized carbons (Fsp3) is 0.150. The van der Waals surface area contributed by atoms with Crippen LogP contribution in [0.4, 0.5) is 0 Å². The van der Waals surface area contributed by atoms with Crippen LogP contribution < -0.4 is 0 Å². The molecule has 1 nitrogen and oxygen atoms in total. The van der Waals surface area contributed by atoms with Gasteiger partial charge in [-0.05, 0) is 28.5 Å². The number of fused-ring (bicyclic) bond motifs is 1. The summed E-state index contributed by atoms with van der Waals surface area (Å²) >= 11 is 1.83. The van der Waals surface area contributed by atoms with Crippen molar-refractivity contribution in [2.24, 2.45) is 0 Å². The summed E-state index contributed by atoms with van der Waals surface area (Å²) < 4.78 is 0. The molecule has 3 rings (SSSR count). The second-order valence-corrected chi connectivity index (χ2v) is 6.38. The first-order valence-corrected chi connectivity index (χ1v) is 8.39. The molecular formula is C20H17NS. The van der Waals surface area contributed by atoms with Crippen molar-refractivity contribution in [1.82, 2.24) is 0 Å². The maximum Gasteiger partial charge on any atom is 0.0628 e. The van der Waals surface area contributed by atoms with Crippen molar-refractivity contribution >= 4 is 22.5 Å². The van der Waals surface area contributed by atoms with Crippen LogP contribution in [0.15, 0.2) is 77.7 Å². The number of thioether (sulfide) groups is 1. The molecule has 1 unspecified atom stereocenters. The predicted octanol–water partition coefficient (Wildman–Crippen LogP) is 5.63. The minimum atomic E-state index is 0.280. The molecule has 0 aromatic heterocycles. The Bertz CT molecular complexity index is 789. The largest absolute Gasteiger partial charge is 0.198 e. The van der Waals surface area contributed by atoms with Crippen LogP contribution in [0, 0.1) is 11.3 Å². The molecule has 108 valence electrons. The number of nitrogens with zero attached hydrogens (tertiary/aromatic N) is 1. The van der Waals surface area contributed by atoms with Crippen LogP contribution in [0.5, 0.6) is 0 Å². The highest BCUT2D eigenvalue weighted by atomic mass is 32.2. The zero-order valence-corrected chi connectivity index (χ0v) is 13.1. The van der Waals surface area contributed by atoms with Gasteiger partial charge in [0, 0.05) is 23.0 Å². The van der Waals surface area contributed by atoms with E-state index in [0.717, 1.165) is 5.75 Å². The third-order valence-corrected chi connectivity index (χ3v) is 4.94. The first kappa shape index (κ1) is 14.7. The van der Waals surface area contributed by atoms with Crippen molar-refractivity contribution in [3.8, 4) is 6.07 Å². The van der Waals surface area contributed by atoms with Crippen molar-refractivity contribution in [2.45, 2.75) is 17.2 Å². The quantitative estimate of drug-likeness (QED) is 0.570. The molecule has 0 bridgehead atoms. The van der Waals surface area contributed by atoms with Crippen LogP contribution in [-0.4, -0.2) is 5.75 Å². The van der Waals surface area contributed by atoms with Gasteiger partial charge in [-0.1, -0.05) is 60.7 Å². The highest BCUT2D eigenvalue weighted by Gasteiger charge is 2.11. The van der Waals surface area contributed by atoms with E-state index >= 15 is 0 Å². The van der Waals surface area contributed by atoms with Crippen LogP contribution in [0.3, 0.4) is 0 Å². The molecule has 0 spiro atoms. The van der Waals surface area contributed by atoms with Gasteiger partial charge in [0.25, 0.3) is 0 Å². The Kier molecular flexibility index (Phi) is 4.78. The van der Waals surface area contributed by atoms with Crippen LogP contribution in [0.1, 0.15) is 17.9 Å². The molecule has 0 fully saturated rings. The minimum Gasteiger partial charge on any atom is -0.198 e. The summed E-state index contributed by atoms with van der Waals surface area (Å²) in [5.74, 6) is 1.21. The number of nitriles is 1. The Morgan fingerprint density at radius 3 is 2.36 bits per heavy atom. The van der Waals surface area contributed by atoms with Crippen molar-refractivity contribution in [1.29, 1.82) is 5.26 Å². The average molecular weight is 303 g/mol. The predicted molar refractivity (Wildman–Crippen MR) is 94.1 cm³/mol. The van der Waals surface area contributed by atoms with Gasteiger partial charge in [0.2, 0.25) is 0 Å². The number of hydrogen-bond donors (Lipinski definition) is 0. The van der Waals surface area contributed by atoms with Gasteiger partial charge in [-0.3, -0.25) is 0 Å². The highest BCUT2D eigenvalue weighted by molar-refractivity contribution is 7.99. The van der Waals surface area contributed by atoms with E-state index in [0.29, 0.717) is 6.42 Å². The Morgan fingerprint density at radius 1 is 0.864 bits per heavy atom. The fourth-order valence-electron chi connectivity index (χ4n) is 2.56. The molecule has 0 saturated carbocycles. The molecule has 3 aromatic rings. The third-order valence-electron chi connectivity index (χ3n) is 3.78. The van der Waals surface area contributed by atoms with Crippen molar-refractivity contribution in [3.05, 3.63) is 78.4 Å². The third kappa shape index (κ3) is 3.50. The van der Waals surface area contributed by atoms with Gasteiger partial charge >= 0.3 is 0 Å². The minimum absolute atomic E-state index is 0.280. The van der Waals surface area contributed by atoms with E-state index in [2.05, 4.69) is 60.7 Å². The van der Waals surface area contributed by atoms with Gasteiger partial charge in [-0.15, -0.1) is 11.8 Å². The SMILES string of the molecule is N#CCC(CSc1ccc2ccccc2c1)c1ccccc1. The summed E-state index contributed by atoms with van der Waals surface area (Å²) in [4.78, 5) is 1.26. The Labute approximate surface area is 135 Å². The molecule has 2 heteroatoms. The summed E-state index contributed by atoms with van der Waals surface area (Å²) in [6.45, 7) is 0. The van der Waals surface area contributed by atoms with Crippen LogP contribution in [-0.2, 0) is 0 Å². The summed E-state index contributed by atoms with van der Waals surface area (Å²) in [7, 11) is 0. The molecule has 1 atom stereocenters. The Morgan fingerprint density at radius 2 is 1.59 bits per heavy atom. The average Bonchev–Trinajstić information content (AvgIpc) is 2.59. The lowest BCUT2D eigenvalue weighted by Gasteiger charge is -2.14. The van der Waals surface area contributed by atoms with Gasteiger partial charge in [0.15, 0.2) is 0 Å². The molecule has 0 saturated heterocycles. The first-order chi connectivity index (χ1) is 10.9. The second-order valence-electron chi connectivity index (χ2n) is 5.29. The molecule has 0 aliphatic rings. The van der Waals surface area contributed by atoms with Gasteiger partial charge in [-0.2, -0.15) is 5.26 Å². The highest BCUT2D eigenvalue weighted by Crippen LogP contribution is 2.30. The number of benzene rings is 3. The monoisotopic (exact) mass is 303 g/mol. The zero-order valence-electron chi connectivity index (χ0n) is 12.3. The normalized spacial score (nSPS) is 12.0. The van der Waals surface area contributed by atoms with Crippen molar-refractivity contribution in [3.63, 3.8) is 0 Å².